The molecule has 20 heavy (non-hydrogen) atoms. The summed E-state index contributed by atoms with van der Waals surface area (Å²) in [5.74, 6) is -0.153. The molecule has 2 atom stereocenters. The van der Waals surface area contributed by atoms with E-state index >= 15 is 0 Å². The minimum absolute atomic E-state index is 0.0944. The molecular formula is C15H23FN2O2. The predicted octanol–water partition coefficient (Wildman–Crippen LogP) is 1.94. The molecule has 1 heterocycles. The van der Waals surface area contributed by atoms with Crippen LogP contribution < -0.4 is 10.5 Å². The first kappa shape index (κ1) is 15.2. The maximum Gasteiger partial charge on any atom is 0.165 e. The van der Waals surface area contributed by atoms with E-state index in [1.807, 2.05) is 0 Å². The molecule has 4 nitrogen and oxygen atoms in total. The zero-order valence-corrected chi connectivity index (χ0v) is 12.1. The van der Waals surface area contributed by atoms with E-state index in [1.54, 1.807) is 12.1 Å². The number of hydrogen-bond acceptors (Lipinski definition) is 4. The molecule has 0 aromatic heterocycles. The average molecular weight is 282 g/mol. The van der Waals surface area contributed by atoms with Gasteiger partial charge >= 0.3 is 0 Å². The van der Waals surface area contributed by atoms with Crippen LogP contribution in [0.3, 0.4) is 0 Å². The van der Waals surface area contributed by atoms with Gasteiger partial charge in [0.2, 0.25) is 0 Å². The molecule has 1 saturated heterocycles. The monoisotopic (exact) mass is 282 g/mol. The van der Waals surface area contributed by atoms with E-state index in [1.165, 1.54) is 13.2 Å². The molecule has 0 radical (unpaired) electrons. The molecule has 2 N–H and O–H groups in total. The molecule has 0 saturated carbocycles. The van der Waals surface area contributed by atoms with Crippen molar-refractivity contribution in [2.45, 2.75) is 25.5 Å². The normalized spacial score (nSPS) is 21.7. The van der Waals surface area contributed by atoms with E-state index in [-0.39, 0.29) is 23.7 Å². The number of halogens is 1. The summed E-state index contributed by atoms with van der Waals surface area (Å²) < 4.78 is 24.4. The van der Waals surface area contributed by atoms with Crippen molar-refractivity contribution in [3.05, 3.63) is 29.6 Å². The van der Waals surface area contributed by atoms with E-state index < -0.39 is 0 Å². The molecule has 0 spiro atoms. The minimum atomic E-state index is -0.387. The van der Waals surface area contributed by atoms with Crippen molar-refractivity contribution in [3.8, 4) is 5.75 Å². The fourth-order valence-corrected chi connectivity index (χ4v) is 2.57. The van der Waals surface area contributed by atoms with Crippen LogP contribution in [0.1, 0.15) is 24.9 Å². The number of nitrogens with two attached hydrogens (primary N) is 1. The van der Waals surface area contributed by atoms with Crippen LogP contribution in [-0.4, -0.2) is 44.4 Å². The lowest BCUT2D eigenvalue weighted by atomic mass is 10.0. The zero-order chi connectivity index (χ0) is 14.5. The fraction of sp³-hybridized carbons (Fsp3) is 0.600. The average Bonchev–Trinajstić information content (AvgIpc) is 2.47. The highest BCUT2D eigenvalue weighted by Gasteiger charge is 2.27. The van der Waals surface area contributed by atoms with E-state index in [0.717, 1.165) is 31.6 Å². The Labute approximate surface area is 119 Å². The van der Waals surface area contributed by atoms with Crippen LogP contribution in [-0.2, 0) is 4.74 Å². The number of benzene rings is 1. The van der Waals surface area contributed by atoms with Gasteiger partial charge in [0.1, 0.15) is 0 Å². The number of methoxy groups -OCH3 is 1. The molecular weight excluding hydrogens is 259 g/mol. The Morgan fingerprint density at radius 1 is 1.55 bits per heavy atom. The maximum atomic E-state index is 13.7. The van der Waals surface area contributed by atoms with Gasteiger partial charge in [0.05, 0.1) is 25.9 Å². The first-order chi connectivity index (χ1) is 9.65. The van der Waals surface area contributed by atoms with Gasteiger partial charge in [-0.25, -0.2) is 4.39 Å². The second-order valence-electron chi connectivity index (χ2n) is 5.13. The Hall–Kier alpha value is -1.17. The summed E-state index contributed by atoms with van der Waals surface area (Å²) in [6.07, 6.45) is 1.02. The van der Waals surface area contributed by atoms with Gasteiger partial charge in [0.15, 0.2) is 11.6 Å². The van der Waals surface area contributed by atoms with Crippen LogP contribution in [0.2, 0.25) is 0 Å². The quantitative estimate of drug-likeness (QED) is 0.896. The number of morpholine rings is 1. The van der Waals surface area contributed by atoms with Crippen molar-refractivity contribution in [1.82, 2.24) is 4.90 Å². The largest absolute Gasteiger partial charge is 0.494 e. The number of nitrogens with zero attached hydrogens (tertiary/aromatic N) is 1. The summed E-state index contributed by atoms with van der Waals surface area (Å²) in [7, 11) is 1.45. The second-order valence-corrected chi connectivity index (χ2v) is 5.13. The third kappa shape index (κ3) is 3.48. The van der Waals surface area contributed by atoms with Crippen LogP contribution >= 0.6 is 0 Å². The lowest BCUT2D eigenvalue weighted by molar-refractivity contribution is -0.0408. The number of hydrogen-bond donors (Lipinski definition) is 1. The molecule has 0 amide bonds. The Bertz CT molecular complexity index is 440. The Morgan fingerprint density at radius 2 is 2.35 bits per heavy atom. The molecule has 1 fully saturated rings. The zero-order valence-electron chi connectivity index (χ0n) is 12.1. The highest BCUT2D eigenvalue weighted by Crippen LogP contribution is 2.25. The molecule has 1 aliphatic rings. The van der Waals surface area contributed by atoms with Crippen molar-refractivity contribution >= 4 is 0 Å². The van der Waals surface area contributed by atoms with E-state index in [0.29, 0.717) is 6.61 Å². The summed E-state index contributed by atoms with van der Waals surface area (Å²) in [5.41, 5.74) is 6.97. The second kappa shape index (κ2) is 7.02. The smallest absolute Gasteiger partial charge is 0.165 e. The van der Waals surface area contributed by atoms with E-state index in [4.69, 9.17) is 15.2 Å². The number of ether oxygens (including phenoxy) is 2. The van der Waals surface area contributed by atoms with E-state index in [9.17, 15) is 4.39 Å². The van der Waals surface area contributed by atoms with Crippen molar-refractivity contribution in [2.75, 3.05) is 33.4 Å². The van der Waals surface area contributed by atoms with E-state index in [2.05, 4.69) is 11.8 Å². The molecule has 0 aliphatic carbocycles. The van der Waals surface area contributed by atoms with Gasteiger partial charge in [-0.2, -0.15) is 0 Å². The van der Waals surface area contributed by atoms with Gasteiger partial charge in [-0.1, -0.05) is 13.0 Å². The lowest BCUT2D eigenvalue weighted by Crippen LogP contribution is -2.47. The van der Waals surface area contributed by atoms with Crippen LogP contribution in [0, 0.1) is 5.82 Å². The predicted molar refractivity (Wildman–Crippen MR) is 76.4 cm³/mol. The summed E-state index contributed by atoms with van der Waals surface area (Å²) >= 11 is 0. The molecule has 1 aliphatic heterocycles. The standard InChI is InChI=1S/C15H23FN2O2/c1-3-6-18-7-8-20-14(10-18)15(17)11-4-5-13(19-2)12(16)9-11/h4-5,9,14-15H,3,6-8,10,17H2,1-2H3. The third-order valence-corrected chi connectivity index (χ3v) is 3.68. The van der Waals surface area contributed by atoms with Crippen molar-refractivity contribution < 1.29 is 13.9 Å². The first-order valence-corrected chi connectivity index (χ1v) is 7.08. The van der Waals surface area contributed by atoms with Crippen molar-refractivity contribution in [2.24, 2.45) is 5.73 Å². The SMILES string of the molecule is CCCN1CCOC(C(N)c2ccc(OC)c(F)c2)C1. The highest BCUT2D eigenvalue weighted by atomic mass is 19.1. The maximum absolute atomic E-state index is 13.7. The van der Waals surface area contributed by atoms with Crippen LogP contribution in [0.4, 0.5) is 4.39 Å². The molecule has 5 heteroatoms. The molecule has 2 unspecified atom stereocenters. The molecule has 0 bridgehead atoms. The minimum Gasteiger partial charge on any atom is -0.494 e. The molecule has 1 aromatic carbocycles. The van der Waals surface area contributed by atoms with Crippen LogP contribution in [0.15, 0.2) is 18.2 Å². The van der Waals surface area contributed by atoms with Gasteiger partial charge in [-0.3, -0.25) is 4.90 Å². The Morgan fingerprint density at radius 3 is 3.00 bits per heavy atom. The molecule has 1 aromatic rings. The van der Waals surface area contributed by atoms with Gasteiger partial charge in [0.25, 0.3) is 0 Å². The summed E-state index contributed by atoms with van der Waals surface area (Å²) in [6, 6.07) is 4.52. The molecule has 112 valence electrons. The summed E-state index contributed by atoms with van der Waals surface area (Å²) in [4.78, 5) is 2.34. The first-order valence-electron chi connectivity index (χ1n) is 7.08. The Balaban J connectivity index is 2.06. The van der Waals surface area contributed by atoms with Gasteiger partial charge in [-0.05, 0) is 30.7 Å². The van der Waals surface area contributed by atoms with Crippen LogP contribution in [0.5, 0.6) is 5.75 Å². The topological polar surface area (TPSA) is 47.7 Å². The molecule has 2 rings (SSSR count). The fourth-order valence-electron chi connectivity index (χ4n) is 2.57. The van der Waals surface area contributed by atoms with Gasteiger partial charge in [-0.15, -0.1) is 0 Å². The summed E-state index contributed by atoms with van der Waals surface area (Å²) in [6.45, 7) is 5.61. The Kier molecular flexibility index (Phi) is 5.34. The lowest BCUT2D eigenvalue weighted by Gasteiger charge is -2.35. The number of rotatable bonds is 5. The summed E-state index contributed by atoms with van der Waals surface area (Å²) in [5, 5.41) is 0. The highest BCUT2D eigenvalue weighted by molar-refractivity contribution is 5.31. The van der Waals surface area contributed by atoms with Gasteiger partial charge in [0, 0.05) is 13.1 Å². The van der Waals surface area contributed by atoms with Crippen LogP contribution in [0.25, 0.3) is 0 Å². The van der Waals surface area contributed by atoms with Crippen molar-refractivity contribution in [1.29, 1.82) is 0 Å². The third-order valence-electron chi connectivity index (χ3n) is 3.68. The van der Waals surface area contributed by atoms with Crippen molar-refractivity contribution in [3.63, 3.8) is 0 Å². The van der Waals surface area contributed by atoms with Gasteiger partial charge < -0.3 is 15.2 Å².